The fourth-order valence-corrected chi connectivity index (χ4v) is 2.59. The number of thiazole rings is 1. The fourth-order valence-electron chi connectivity index (χ4n) is 1.72. The summed E-state index contributed by atoms with van der Waals surface area (Å²) in [6.07, 6.45) is 0. The van der Waals surface area contributed by atoms with Crippen LogP contribution in [0.4, 0.5) is 0 Å². The number of morpholine rings is 1. The molecule has 1 aromatic rings. The van der Waals surface area contributed by atoms with Gasteiger partial charge in [-0.1, -0.05) is 0 Å². The maximum Gasteiger partial charge on any atom is 0.135 e. The first-order chi connectivity index (χ1) is 7.33. The quantitative estimate of drug-likeness (QED) is 0.759. The minimum Gasteiger partial charge on any atom is -0.379 e. The molecule has 0 N–H and O–H groups in total. The molecule has 5 heteroatoms. The largest absolute Gasteiger partial charge is 0.379 e. The predicted octanol–water partition coefficient (Wildman–Crippen LogP) is 1.35. The molecule has 15 heavy (non-hydrogen) atoms. The number of nitriles is 1. The Morgan fingerprint density at radius 1 is 1.60 bits per heavy atom. The van der Waals surface area contributed by atoms with Gasteiger partial charge in [-0.3, -0.25) is 4.90 Å². The van der Waals surface area contributed by atoms with Crippen molar-refractivity contribution in [2.75, 3.05) is 26.3 Å². The minimum absolute atomic E-state index is 0.151. The molecule has 0 spiro atoms. The van der Waals surface area contributed by atoms with Gasteiger partial charge in [0.2, 0.25) is 0 Å². The van der Waals surface area contributed by atoms with Gasteiger partial charge in [-0.2, -0.15) is 5.26 Å². The fraction of sp³-hybridized carbons (Fsp3) is 0.600. The normalized spacial score (nSPS) is 19.7. The number of rotatable bonds is 2. The number of aryl methyl sites for hydroxylation is 1. The lowest BCUT2D eigenvalue weighted by Crippen LogP contribution is -2.38. The van der Waals surface area contributed by atoms with E-state index in [-0.39, 0.29) is 6.04 Å². The molecule has 1 unspecified atom stereocenters. The highest BCUT2D eigenvalue weighted by atomic mass is 32.1. The zero-order valence-electron chi connectivity index (χ0n) is 8.64. The van der Waals surface area contributed by atoms with Crippen LogP contribution in [0.15, 0.2) is 5.51 Å². The Morgan fingerprint density at radius 2 is 2.33 bits per heavy atom. The van der Waals surface area contributed by atoms with Crippen molar-refractivity contribution in [1.29, 1.82) is 5.26 Å². The average Bonchev–Trinajstić information content (AvgIpc) is 2.68. The maximum absolute atomic E-state index is 9.22. The van der Waals surface area contributed by atoms with Crippen molar-refractivity contribution in [3.63, 3.8) is 0 Å². The first kappa shape index (κ1) is 10.6. The Bertz CT molecular complexity index is 365. The summed E-state index contributed by atoms with van der Waals surface area (Å²) >= 11 is 1.56. The highest BCUT2D eigenvalue weighted by molar-refractivity contribution is 7.09. The smallest absolute Gasteiger partial charge is 0.135 e. The van der Waals surface area contributed by atoms with Crippen molar-refractivity contribution in [2.24, 2.45) is 0 Å². The van der Waals surface area contributed by atoms with E-state index in [0.717, 1.165) is 36.9 Å². The number of nitrogens with zero attached hydrogens (tertiary/aromatic N) is 3. The summed E-state index contributed by atoms with van der Waals surface area (Å²) in [7, 11) is 0. The Balaban J connectivity index is 2.17. The van der Waals surface area contributed by atoms with Gasteiger partial charge in [0.25, 0.3) is 0 Å². The van der Waals surface area contributed by atoms with E-state index in [1.807, 2.05) is 6.92 Å². The molecular weight excluding hydrogens is 210 g/mol. The van der Waals surface area contributed by atoms with Crippen LogP contribution in [-0.4, -0.2) is 36.2 Å². The van der Waals surface area contributed by atoms with E-state index in [2.05, 4.69) is 16.0 Å². The monoisotopic (exact) mass is 223 g/mol. The zero-order chi connectivity index (χ0) is 10.7. The van der Waals surface area contributed by atoms with Crippen LogP contribution in [-0.2, 0) is 4.74 Å². The summed E-state index contributed by atoms with van der Waals surface area (Å²) in [6, 6.07) is 2.20. The second-order valence-corrected chi connectivity index (χ2v) is 4.37. The molecule has 4 nitrogen and oxygen atoms in total. The SMILES string of the molecule is Cc1ncsc1C(C#N)N1CCOCC1. The minimum atomic E-state index is -0.151. The summed E-state index contributed by atoms with van der Waals surface area (Å²) in [5, 5.41) is 9.22. The van der Waals surface area contributed by atoms with E-state index in [1.165, 1.54) is 0 Å². The molecule has 0 aromatic carbocycles. The summed E-state index contributed by atoms with van der Waals surface area (Å²) in [5.74, 6) is 0. The molecule has 80 valence electrons. The van der Waals surface area contributed by atoms with Gasteiger partial charge in [0.1, 0.15) is 6.04 Å². The third-order valence-electron chi connectivity index (χ3n) is 2.56. The molecule has 1 atom stereocenters. The molecule has 1 aromatic heterocycles. The maximum atomic E-state index is 9.22. The third kappa shape index (κ3) is 2.17. The van der Waals surface area contributed by atoms with E-state index in [4.69, 9.17) is 4.74 Å². The second-order valence-electron chi connectivity index (χ2n) is 3.48. The van der Waals surface area contributed by atoms with Crippen molar-refractivity contribution >= 4 is 11.3 Å². The van der Waals surface area contributed by atoms with Gasteiger partial charge in [0.05, 0.1) is 35.4 Å². The number of hydrogen-bond acceptors (Lipinski definition) is 5. The van der Waals surface area contributed by atoms with E-state index >= 15 is 0 Å². The van der Waals surface area contributed by atoms with Crippen LogP contribution in [0.1, 0.15) is 16.6 Å². The number of hydrogen-bond donors (Lipinski definition) is 0. The number of ether oxygens (including phenoxy) is 1. The van der Waals surface area contributed by atoms with Crippen LogP contribution < -0.4 is 0 Å². The van der Waals surface area contributed by atoms with Crippen LogP contribution in [0.5, 0.6) is 0 Å². The van der Waals surface area contributed by atoms with Gasteiger partial charge in [-0.25, -0.2) is 4.98 Å². The summed E-state index contributed by atoms with van der Waals surface area (Å²) in [4.78, 5) is 7.42. The van der Waals surface area contributed by atoms with Gasteiger partial charge < -0.3 is 4.74 Å². The molecule has 2 heterocycles. The Morgan fingerprint density at radius 3 is 2.87 bits per heavy atom. The average molecular weight is 223 g/mol. The molecule has 1 aliphatic heterocycles. The van der Waals surface area contributed by atoms with Crippen molar-refractivity contribution in [3.8, 4) is 6.07 Å². The Hall–Kier alpha value is -0.960. The van der Waals surface area contributed by atoms with Crippen LogP contribution in [0.2, 0.25) is 0 Å². The topological polar surface area (TPSA) is 49.2 Å². The molecule has 2 rings (SSSR count). The van der Waals surface area contributed by atoms with E-state index in [1.54, 1.807) is 16.8 Å². The number of aromatic nitrogens is 1. The summed E-state index contributed by atoms with van der Waals surface area (Å²) in [5.41, 5.74) is 2.77. The Labute approximate surface area is 93.1 Å². The predicted molar refractivity (Wildman–Crippen MR) is 57.6 cm³/mol. The first-order valence-electron chi connectivity index (χ1n) is 4.94. The van der Waals surface area contributed by atoms with Crippen LogP contribution in [0, 0.1) is 18.3 Å². The van der Waals surface area contributed by atoms with Crippen LogP contribution in [0.25, 0.3) is 0 Å². The first-order valence-corrected chi connectivity index (χ1v) is 5.82. The molecule has 0 radical (unpaired) electrons. The molecule has 1 saturated heterocycles. The van der Waals surface area contributed by atoms with Crippen molar-refractivity contribution in [2.45, 2.75) is 13.0 Å². The van der Waals surface area contributed by atoms with E-state index in [9.17, 15) is 5.26 Å². The molecule has 0 aliphatic carbocycles. The zero-order valence-corrected chi connectivity index (χ0v) is 9.46. The molecule has 1 fully saturated rings. The van der Waals surface area contributed by atoms with Gasteiger partial charge >= 0.3 is 0 Å². The molecule has 0 bridgehead atoms. The highest BCUT2D eigenvalue weighted by Crippen LogP contribution is 2.26. The van der Waals surface area contributed by atoms with E-state index in [0.29, 0.717) is 0 Å². The van der Waals surface area contributed by atoms with Crippen molar-refractivity contribution in [3.05, 3.63) is 16.1 Å². The van der Waals surface area contributed by atoms with Gasteiger partial charge in [-0.15, -0.1) is 11.3 Å². The summed E-state index contributed by atoms with van der Waals surface area (Å²) in [6.45, 7) is 5.05. The van der Waals surface area contributed by atoms with Crippen molar-refractivity contribution < 1.29 is 4.74 Å². The standard InChI is InChI=1S/C10H13N3OS/c1-8-10(15-7-12-8)9(6-11)13-2-4-14-5-3-13/h7,9H,2-5H2,1H3. The third-order valence-corrected chi connectivity index (χ3v) is 3.55. The van der Waals surface area contributed by atoms with Gasteiger partial charge in [0, 0.05) is 13.1 Å². The molecule has 0 amide bonds. The van der Waals surface area contributed by atoms with Gasteiger partial charge in [0.15, 0.2) is 0 Å². The molecule has 1 aliphatic rings. The summed E-state index contributed by atoms with van der Waals surface area (Å²) < 4.78 is 5.28. The molecule has 0 saturated carbocycles. The molecular formula is C10H13N3OS. The van der Waals surface area contributed by atoms with E-state index < -0.39 is 0 Å². The highest BCUT2D eigenvalue weighted by Gasteiger charge is 2.24. The van der Waals surface area contributed by atoms with Crippen molar-refractivity contribution in [1.82, 2.24) is 9.88 Å². The second kappa shape index (κ2) is 4.71. The Kier molecular flexibility index (Phi) is 3.31. The lowest BCUT2D eigenvalue weighted by Gasteiger charge is -2.30. The van der Waals surface area contributed by atoms with Gasteiger partial charge in [-0.05, 0) is 6.92 Å². The lowest BCUT2D eigenvalue weighted by molar-refractivity contribution is 0.0271. The van der Waals surface area contributed by atoms with Crippen LogP contribution in [0.3, 0.4) is 0 Å². The van der Waals surface area contributed by atoms with Crippen LogP contribution >= 0.6 is 11.3 Å². The lowest BCUT2D eigenvalue weighted by atomic mass is 10.2.